The molecule has 0 bridgehead atoms. The minimum atomic E-state index is -0.404. The van der Waals surface area contributed by atoms with Crippen molar-refractivity contribution in [2.75, 3.05) is 5.32 Å². The Balaban J connectivity index is 1.46. The normalized spacial score (nSPS) is 12.4. The van der Waals surface area contributed by atoms with Gasteiger partial charge in [-0.1, -0.05) is 11.8 Å². The molecule has 138 valence electrons. The van der Waals surface area contributed by atoms with Crippen LogP contribution in [0.25, 0.3) is 22.6 Å². The standard InChI is InChI=1S/C17H16N6O3S/c1-9(27-17-22-21-14(23(17)2)13-4-3-7-26-13)15(24)18-10-5-6-11-12(8-10)20-16(25)19-11/h3-9H,1-2H3,(H,18,24)(H2,19,20,25)/t9-/m1/s1. The van der Waals surface area contributed by atoms with Crippen molar-refractivity contribution in [1.82, 2.24) is 24.7 Å². The number of hydrogen-bond acceptors (Lipinski definition) is 6. The molecular weight excluding hydrogens is 368 g/mol. The van der Waals surface area contributed by atoms with E-state index >= 15 is 0 Å². The molecule has 1 amide bonds. The molecule has 0 spiro atoms. The molecule has 27 heavy (non-hydrogen) atoms. The highest BCUT2D eigenvalue weighted by molar-refractivity contribution is 8.00. The Hall–Kier alpha value is -3.27. The Bertz CT molecular complexity index is 1160. The summed E-state index contributed by atoms with van der Waals surface area (Å²) in [4.78, 5) is 29.2. The lowest BCUT2D eigenvalue weighted by Crippen LogP contribution is -2.22. The van der Waals surface area contributed by atoms with E-state index < -0.39 is 5.25 Å². The summed E-state index contributed by atoms with van der Waals surface area (Å²) in [6.07, 6.45) is 1.57. The van der Waals surface area contributed by atoms with Crippen molar-refractivity contribution >= 4 is 34.4 Å². The van der Waals surface area contributed by atoms with Gasteiger partial charge in [0.15, 0.2) is 16.7 Å². The van der Waals surface area contributed by atoms with E-state index in [1.807, 2.05) is 7.05 Å². The van der Waals surface area contributed by atoms with Crippen LogP contribution in [0.1, 0.15) is 6.92 Å². The zero-order chi connectivity index (χ0) is 19.0. The van der Waals surface area contributed by atoms with E-state index in [1.54, 1.807) is 48.1 Å². The van der Waals surface area contributed by atoms with Crippen molar-refractivity contribution in [3.05, 3.63) is 47.1 Å². The number of rotatable bonds is 5. The number of thioether (sulfide) groups is 1. The summed E-state index contributed by atoms with van der Waals surface area (Å²) in [5.41, 5.74) is 1.64. The summed E-state index contributed by atoms with van der Waals surface area (Å²) in [6.45, 7) is 1.79. The van der Waals surface area contributed by atoms with E-state index in [1.165, 1.54) is 11.8 Å². The second-order valence-corrected chi connectivity index (χ2v) is 7.24. The Kier molecular flexibility index (Phi) is 4.32. The third-order valence-electron chi connectivity index (χ3n) is 4.01. The minimum absolute atomic E-state index is 0.181. The highest BCUT2D eigenvalue weighted by atomic mass is 32.2. The lowest BCUT2D eigenvalue weighted by atomic mass is 10.2. The van der Waals surface area contributed by atoms with Crippen molar-refractivity contribution in [2.45, 2.75) is 17.3 Å². The van der Waals surface area contributed by atoms with Crippen LogP contribution in [0.5, 0.6) is 0 Å². The van der Waals surface area contributed by atoms with Crippen molar-refractivity contribution < 1.29 is 9.21 Å². The van der Waals surface area contributed by atoms with Gasteiger partial charge in [0.2, 0.25) is 5.91 Å². The Morgan fingerprint density at radius 1 is 1.26 bits per heavy atom. The fourth-order valence-corrected chi connectivity index (χ4v) is 3.42. The predicted molar refractivity (Wildman–Crippen MR) is 102 cm³/mol. The molecule has 0 unspecified atom stereocenters. The smallest absolute Gasteiger partial charge is 0.323 e. The quantitative estimate of drug-likeness (QED) is 0.454. The molecule has 0 aliphatic heterocycles. The molecule has 0 aliphatic rings. The van der Waals surface area contributed by atoms with Crippen LogP contribution in [-0.4, -0.2) is 35.9 Å². The average Bonchev–Trinajstić information content (AvgIpc) is 3.35. The summed E-state index contributed by atoms with van der Waals surface area (Å²) in [6, 6.07) is 8.76. The Labute approximate surface area is 157 Å². The van der Waals surface area contributed by atoms with Gasteiger partial charge in [0.1, 0.15) is 0 Å². The minimum Gasteiger partial charge on any atom is -0.461 e. The van der Waals surface area contributed by atoms with Crippen LogP contribution < -0.4 is 11.0 Å². The number of benzene rings is 1. The fraction of sp³-hybridized carbons (Fsp3) is 0.176. The molecule has 0 aliphatic carbocycles. The molecule has 1 atom stereocenters. The zero-order valence-corrected chi connectivity index (χ0v) is 15.3. The van der Waals surface area contributed by atoms with E-state index in [4.69, 9.17) is 4.42 Å². The third kappa shape index (κ3) is 3.38. The molecule has 0 radical (unpaired) electrons. The molecular formula is C17H16N6O3S. The zero-order valence-electron chi connectivity index (χ0n) is 14.5. The number of aromatic amines is 2. The van der Waals surface area contributed by atoms with Gasteiger partial charge >= 0.3 is 5.69 Å². The van der Waals surface area contributed by atoms with E-state index in [9.17, 15) is 9.59 Å². The van der Waals surface area contributed by atoms with Crippen molar-refractivity contribution in [2.24, 2.45) is 7.05 Å². The molecule has 0 saturated carbocycles. The van der Waals surface area contributed by atoms with Crippen LogP contribution in [0, 0.1) is 0 Å². The number of nitrogens with zero attached hydrogens (tertiary/aromatic N) is 3. The Morgan fingerprint density at radius 2 is 2.07 bits per heavy atom. The van der Waals surface area contributed by atoms with Gasteiger partial charge in [-0.3, -0.25) is 4.79 Å². The summed E-state index contributed by atoms with van der Waals surface area (Å²) >= 11 is 1.30. The second kappa shape index (κ2) is 6.80. The molecule has 4 aromatic rings. The molecule has 10 heteroatoms. The first-order valence-electron chi connectivity index (χ1n) is 8.14. The average molecular weight is 384 g/mol. The number of carbonyl (C=O) groups excluding carboxylic acids is 1. The number of nitrogens with one attached hydrogen (secondary N) is 3. The maximum atomic E-state index is 12.5. The number of amides is 1. The molecule has 0 fully saturated rings. The van der Waals surface area contributed by atoms with Crippen LogP contribution in [0.3, 0.4) is 0 Å². The van der Waals surface area contributed by atoms with Gasteiger partial charge < -0.3 is 24.3 Å². The fourth-order valence-electron chi connectivity index (χ4n) is 2.60. The van der Waals surface area contributed by atoms with Gasteiger partial charge in [0.25, 0.3) is 0 Å². The van der Waals surface area contributed by atoms with E-state index in [0.29, 0.717) is 33.5 Å². The first-order valence-corrected chi connectivity index (χ1v) is 9.02. The largest absolute Gasteiger partial charge is 0.461 e. The number of imidazole rings is 1. The molecule has 9 nitrogen and oxygen atoms in total. The van der Waals surface area contributed by atoms with Gasteiger partial charge in [-0.15, -0.1) is 10.2 Å². The highest BCUT2D eigenvalue weighted by Gasteiger charge is 2.20. The molecule has 4 rings (SSSR count). The number of hydrogen-bond donors (Lipinski definition) is 3. The first-order chi connectivity index (χ1) is 13.0. The number of fused-ring (bicyclic) bond motifs is 1. The lowest BCUT2D eigenvalue weighted by molar-refractivity contribution is -0.115. The van der Waals surface area contributed by atoms with Gasteiger partial charge in [-0.2, -0.15) is 0 Å². The number of anilines is 1. The number of furan rings is 1. The summed E-state index contributed by atoms with van der Waals surface area (Å²) in [5, 5.41) is 11.3. The topological polar surface area (TPSA) is 122 Å². The maximum absolute atomic E-state index is 12.5. The van der Waals surface area contributed by atoms with Gasteiger partial charge in [-0.25, -0.2) is 4.79 Å². The van der Waals surface area contributed by atoms with Crippen LogP contribution in [0.15, 0.2) is 51.0 Å². The van der Waals surface area contributed by atoms with E-state index in [0.717, 1.165) is 0 Å². The highest BCUT2D eigenvalue weighted by Crippen LogP contribution is 2.26. The number of aromatic nitrogens is 5. The van der Waals surface area contributed by atoms with Gasteiger partial charge in [0, 0.05) is 12.7 Å². The van der Waals surface area contributed by atoms with Crippen LogP contribution >= 0.6 is 11.8 Å². The Morgan fingerprint density at radius 3 is 2.85 bits per heavy atom. The lowest BCUT2D eigenvalue weighted by Gasteiger charge is -2.11. The van der Waals surface area contributed by atoms with Crippen molar-refractivity contribution in [3.63, 3.8) is 0 Å². The summed E-state index contributed by atoms with van der Waals surface area (Å²) < 4.78 is 7.12. The third-order valence-corrected chi connectivity index (χ3v) is 5.15. The van der Waals surface area contributed by atoms with Crippen LogP contribution in [0.4, 0.5) is 5.69 Å². The van der Waals surface area contributed by atoms with Crippen LogP contribution in [-0.2, 0) is 11.8 Å². The second-order valence-electron chi connectivity index (χ2n) is 5.93. The van der Waals surface area contributed by atoms with E-state index in [-0.39, 0.29) is 11.6 Å². The maximum Gasteiger partial charge on any atom is 0.323 e. The van der Waals surface area contributed by atoms with E-state index in [2.05, 4.69) is 25.5 Å². The van der Waals surface area contributed by atoms with Gasteiger partial charge in [-0.05, 0) is 37.3 Å². The predicted octanol–water partition coefficient (Wildman–Crippen LogP) is 2.36. The van der Waals surface area contributed by atoms with Crippen molar-refractivity contribution in [1.29, 1.82) is 0 Å². The molecule has 0 saturated heterocycles. The molecule has 3 aromatic heterocycles. The number of carbonyl (C=O) groups is 1. The van der Waals surface area contributed by atoms with Crippen molar-refractivity contribution in [3.8, 4) is 11.6 Å². The van der Waals surface area contributed by atoms with Gasteiger partial charge in [0.05, 0.1) is 22.5 Å². The number of H-pyrrole nitrogens is 2. The monoisotopic (exact) mass is 384 g/mol. The first kappa shape index (κ1) is 17.2. The SMILES string of the molecule is C[C@@H](Sc1nnc(-c2ccco2)n1C)C(=O)Nc1ccc2[nH]c(=O)[nH]c2c1. The summed E-state index contributed by atoms with van der Waals surface area (Å²) in [5.74, 6) is 1.03. The molecule has 3 heterocycles. The molecule has 1 aromatic carbocycles. The molecule has 3 N–H and O–H groups in total. The summed E-state index contributed by atoms with van der Waals surface area (Å²) in [7, 11) is 1.82. The van der Waals surface area contributed by atoms with Crippen LogP contribution in [0.2, 0.25) is 0 Å².